The fraction of sp³-hybridized carbons (Fsp3) is 0.118. The number of hydrogen-bond donors (Lipinski definition) is 1. The van der Waals surface area contributed by atoms with E-state index in [1.807, 2.05) is 37.3 Å². The quantitative estimate of drug-likeness (QED) is 0.656. The Labute approximate surface area is 148 Å². The van der Waals surface area contributed by atoms with Gasteiger partial charge in [0.25, 0.3) is 0 Å². The number of rotatable bonds is 4. The molecule has 3 aromatic rings. The summed E-state index contributed by atoms with van der Waals surface area (Å²) in [5, 5.41) is 1.65. The predicted octanol–water partition coefficient (Wildman–Crippen LogP) is 5.59. The van der Waals surface area contributed by atoms with E-state index in [1.54, 1.807) is 12.1 Å². The van der Waals surface area contributed by atoms with Crippen LogP contribution < -0.4 is 10.5 Å². The van der Waals surface area contributed by atoms with Crippen molar-refractivity contribution in [1.82, 2.24) is 4.98 Å². The molecule has 118 valence electrons. The number of anilines is 1. The lowest BCUT2D eigenvalue weighted by atomic mass is 10.1. The minimum atomic E-state index is 0.429. The van der Waals surface area contributed by atoms with Crippen LogP contribution in [0.15, 0.2) is 42.5 Å². The molecule has 3 rings (SSSR count). The number of aryl methyl sites for hydroxylation is 1. The van der Waals surface area contributed by atoms with Crippen molar-refractivity contribution >= 4 is 39.7 Å². The molecule has 23 heavy (non-hydrogen) atoms. The van der Waals surface area contributed by atoms with Crippen LogP contribution in [0.1, 0.15) is 10.4 Å². The number of ether oxygens (including phenoxy) is 1. The lowest BCUT2D eigenvalue weighted by molar-refractivity contribution is 0.306. The van der Waals surface area contributed by atoms with Crippen molar-refractivity contribution in [3.63, 3.8) is 0 Å². The monoisotopic (exact) mass is 364 g/mol. The maximum absolute atomic E-state index is 6.00. The average Bonchev–Trinajstić information content (AvgIpc) is 2.87. The lowest BCUT2D eigenvalue weighted by Gasteiger charge is -2.08. The predicted molar refractivity (Wildman–Crippen MR) is 97.5 cm³/mol. The second-order valence-corrected chi connectivity index (χ2v) is 7.07. The van der Waals surface area contributed by atoms with Gasteiger partial charge in [-0.15, -0.1) is 11.3 Å². The van der Waals surface area contributed by atoms with E-state index in [-0.39, 0.29) is 0 Å². The Morgan fingerprint density at radius 3 is 2.43 bits per heavy atom. The van der Waals surface area contributed by atoms with E-state index in [0.29, 0.717) is 21.8 Å². The van der Waals surface area contributed by atoms with Crippen molar-refractivity contribution in [2.45, 2.75) is 13.5 Å². The average molecular weight is 365 g/mol. The first-order chi connectivity index (χ1) is 11.0. The first-order valence-electron chi connectivity index (χ1n) is 6.93. The normalized spacial score (nSPS) is 10.7. The second-order valence-electron chi connectivity index (χ2n) is 5.02. The van der Waals surface area contributed by atoms with Crippen LogP contribution in [0.5, 0.6) is 5.75 Å². The molecule has 0 saturated heterocycles. The van der Waals surface area contributed by atoms with E-state index in [9.17, 15) is 0 Å². The van der Waals surface area contributed by atoms with Crippen LogP contribution in [0.25, 0.3) is 11.3 Å². The summed E-state index contributed by atoms with van der Waals surface area (Å²) in [5.74, 6) is 0.778. The molecule has 0 saturated carbocycles. The summed E-state index contributed by atoms with van der Waals surface area (Å²) in [6.07, 6.45) is 0. The summed E-state index contributed by atoms with van der Waals surface area (Å²) in [4.78, 5) is 5.45. The van der Waals surface area contributed by atoms with Crippen LogP contribution >= 0.6 is 34.5 Å². The summed E-state index contributed by atoms with van der Waals surface area (Å²) in [5.41, 5.74) is 8.65. The third-order valence-corrected chi connectivity index (χ3v) is 4.87. The van der Waals surface area contributed by atoms with Crippen LogP contribution in [0.2, 0.25) is 10.0 Å². The summed E-state index contributed by atoms with van der Waals surface area (Å²) in [7, 11) is 0. The maximum atomic E-state index is 6.00. The fourth-order valence-corrected chi connectivity index (χ4v) is 3.22. The standard InChI is InChI=1S/C17H14Cl2N2OS/c1-10-16(21-17(20)23-10)12-3-5-13(6-4-12)22-9-11-2-7-14(18)15(19)8-11/h2-8H,9H2,1H3,(H2,20,21). The van der Waals surface area contributed by atoms with E-state index in [1.165, 1.54) is 11.3 Å². The molecule has 0 spiro atoms. The van der Waals surface area contributed by atoms with E-state index in [0.717, 1.165) is 27.4 Å². The van der Waals surface area contributed by atoms with Gasteiger partial charge in [-0.05, 0) is 48.9 Å². The number of nitrogens with two attached hydrogens (primary N) is 1. The lowest BCUT2D eigenvalue weighted by Crippen LogP contribution is -1.95. The van der Waals surface area contributed by atoms with Crippen molar-refractivity contribution in [1.29, 1.82) is 0 Å². The van der Waals surface area contributed by atoms with E-state index in [2.05, 4.69) is 4.98 Å². The molecular formula is C17H14Cl2N2OS. The molecule has 0 aliphatic heterocycles. The summed E-state index contributed by atoms with van der Waals surface area (Å²) in [6, 6.07) is 13.3. The van der Waals surface area contributed by atoms with Gasteiger partial charge in [-0.25, -0.2) is 4.98 Å². The van der Waals surface area contributed by atoms with E-state index < -0.39 is 0 Å². The summed E-state index contributed by atoms with van der Waals surface area (Å²) >= 11 is 13.4. The van der Waals surface area contributed by atoms with Gasteiger partial charge in [0.05, 0.1) is 15.7 Å². The first-order valence-corrected chi connectivity index (χ1v) is 8.50. The molecule has 2 aromatic carbocycles. The van der Waals surface area contributed by atoms with Gasteiger partial charge in [0, 0.05) is 10.4 Å². The highest BCUT2D eigenvalue weighted by molar-refractivity contribution is 7.15. The molecule has 0 atom stereocenters. The third-order valence-electron chi connectivity index (χ3n) is 3.33. The van der Waals surface area contributed by atoms with Crippen LogP contribution in [-0.4, -0.2) is 4.98 Å². The highest BCUT2D eigenvalue weighted by Gasteiger charge is 2.08. The van der Waals surface area contributed by atoms with E-state index >= 15 is 0 Å². The van der Waals surface area contributed by atoms with Gasteiger partial charge in [-0.3, -0.25) is 0 Å². The van der Waals surface area contributed by atoms with Crippen molar-refractivity contribution in [2.24, 2.45) is 0 Å². The van der Waals surface area contributed by atoms with Crippen molar-refractivity contribution < 1.29 is 4.74 Å². The highest BCUT2D eigenvalue weighted by Crippen LogP contribution is 2.30. The Morgan fingerprint density at radius 2 is 1.83 bits per heavy atom. The summed E-state index contributed by atoms with van der Waals surface area (Å²) in [6.45, 7) is 2.44. The Morgan fingerprint density at radius 1 is 1.09 bits per heavy atom. The Balaban J connectivity index is 1.70. The van der Waals surface area contributed by atoms with Gasteiger partial charge < -0.3 is 10.5 Å². The SMILES string of the molecule is Cc1sc(N)nc1-c1ccc(OCc2ccc(Cl)c(Cl)c2)cc1. The minimum absolute atomic E-state index is 0.429. The van der Waals surface area contributed by atoms with Gasteiger partial charge in [-0.2, -0.15) is 0 Å². The van der Waals surface area contributed by atoms with Crippen molar-refractivity contribution in [3.8, 4) is 17.0 Å². The largest absolute Gasteiger partial charge is 0.489 e. The van der Waals surface area contributed by atoms with Crippen molar-refractivity contribution in [2.75, 3.05) is 5.73 Å². The zero-order valence-corrected chi connectivity index (χ0v) is 14.7. The maximum Gasteiger partial charge on any atom is 0.180 e. The van der Waals surface area contributed by atoms with Crippen LogP contribution in [-0.2, 0) is 6.61 Å². The van der Waals surface area contributed by atoms with Gasteiger partial charge in [0.15, 0.2) is 5.13 Å². The number of thiazole rings is 1. The van der Waals surface area contributed by atoms with Gasteiger partial charge in [-0.1, -0.05) is 29.3 Å². The number of halogens is 2. The highest BCUT2D eigenvalue weighted by atomic mass is 35.5. The molecule has 0 radical (unpaired) electrons. The molecular weight excluding hydrogens is 351 g/mol. The molecule has 0 aliphatic carbocycles. The smallest absolute Gasteiger partial charge is 0.180 e. The minimum Gasteiger partial charge on any atom is -0.489 e. The number of nitrogens with zero attached hydrogens (tertiary/aromatic N) is 1. The third kappa shape index (κ3) is 3.78. The molecule has 0 unspecified atom stereocenters. The topological polar surface area (TPSA) is 48.1 Å². The Bertz CT molecular complexity index is 831. The zero-order chi connectivity index (χ0) is 16.4. The fourth-order valence-electron chi connectivity index (χ4n) is 2.19. The first kappa shape index (κ1) is 16.1. The van der Waals surface area contributed by atoms with Gasteiger partial charge in [0.2, 0.25) is 0 Å². The van der Waals surface area contributed by atoms with Crippen LogP contribution in [0, 0.1) is 6.92 Å². The molecule has 1 aromatic heterocycles. The van der Waals surface area contributed by atoms with Crippen LogP contribution in [0.3, 0.4) is 0 Å². The summed E-state index contributed by atoms with van der Waals surface area (Å²) < 4.78 is 5.77. The number of aromatic nitrogens is 1. The number of benzene rings is 2. The number of hydrogen-bond acceptors (Lipinski definition) is 4. The molecule has 6 heteroatoms. The Kier molecular flexibility index (Phi) is 4.76. The van der Waals surface area contributed by atoms with Gasteiger partial charge >= 0.3 is 0 Å². The Hall–Kier alpha value is -1.75. The molecule has 0 fully saturated rings. The second kappa shape index (κ2) is 6.79. The van der Waals surface area contributed by atoms with Crippen LogP contribution in [0.4, 0.5) is 5.13 Å². The van der Waals surface area contributed by atoms with E-state index in [4.69, 9.17) is 33.7 Å². The molecule has 3 nitrogen and oxygen atoms in total. The van der Waals surface area contributed by atoms with Crippen molar-refractivity contribution in [3.05, 3.63) is 63.0 Å². The molecule has 0 aliphatic rings. The molecule has 2 N–H and O–H groups in total. The zero-order valence-electron chi connectivity index (χ0n) is 12.3. The van der Waals surface area contributed by atoms with Gasteiger partial charge in [0.1, 0.15) is 12.4 Å². The number of nitrogen functional groups attached to an aromatic ring is 1. The molecule has 0 bridgehead atoms. The molecule has 1 heterocycles. The molecule has 0 amide bonds.